The number of rotatable bonds is 6. The summed E-state index contributed by atoms with van der Waals surface area (Å²) in [5.41, 5.74) is -0.390. The number of esters is 1. The van der Waals surface area contributed by atoms with Crippen molar-refractivity contribution < 1.29 is 9.53 Å². The minimum atomic E-state index is -0.390. The van der Waals surface area contributed by atoms with Gasteiger partial charge in [0.2, 0.25) is 0 Å². The molecule has 0 atom stereocenters. The summed E-state index contributed by atoms with van der Waals surface area (Å²) in [7, 11) is 0. The highest BCUT2D eigenvalue weighted by atomic mass is 16.5. The van der Waals surface area contributed by atoms with Crippen LogP contribution in [0.3, 0.4) is 0 Å². The Morgan fingerprint density at radius 1 is 1.43 bits per heavy atom. The predicted octanol–water partition coefficient (Wildman–Crippen LogP) is 3.14. The molecule has 21 heavy (non-hydrogen) atoms. The maximum atomic E-state index is 12.3. The molecule has 0 aromatic carbocycles. The molecule has 5 nitrogen and oxygen atoms in total. The molecule has 1 aliphatic rings. The lowest BCUT2D eigenvalue weighted by molar-refractivity contribution is -0.154. The zero-order chi connectivity index (χ0) is 15.3. The molecule has 0 aliphatic heterocycles. The fraction of sp³-hybridized carbons (Fsp3) is 0.688. The quantitative estimate of drug-likeness (QED) is 0.816. The van der Waals surface area contributed by atoms with Crippen LogP contribution in [-0.2, 0) is 9.53 Å². The molecule has 0 radical (unpaired) electrons. The molecule has 5 heteroatoms. The van der Waals surface area contributed by atoms with E-state index in [4.69, 9.17) is 4.74 Å². The summed E-state index contributed by atoms with van der Waals surface area (Å²) in [5.74, 6) is 1.81. The molecule has 1 heterocycles. The third kappa shape index (κ3) is 3.71. The maximum absolute atomic E-state index is 12.3. The van der Waals surface area contributed by atoms with Crippen LogP contribution < -0.4 is 5.32 Å². The van der Waals surface area contributed by atoms with Crippen molar-refractivity contribution in [2.75, 3.05) is 18.5 Å². The third-order valence-corrected chi connectivity index (χ3v) is 4.07. The highest BCUT2D eigenvalue weighted by Crippen LogP contribution is 2.39. The van der Waals surface area contributed by atoms with Gasteiger partial charge in [0, 0.05) is 18.7 Å². The molecule has 0 saturated heterocycles. The Hall–Kier alpha value is -1.65. The average Bonchev–Trinajstić information content (AvgIpc) is 2.96. The second kappa shape index (κ2) is 6.87. The lowest BCUT2D eigenvalue weighted by atomic mass is 9.86. The van der Waals surface area contributed by atoms with E-state index in [1.165, 1.54) is 0 Å². The number of anilines is 1. The lowest BCUT2D eigenvalue weighted by Gasteiger charge is -2.27. The molecule has 1 aliphatic carbocycles. The van der Waals surface area contributed by atoms with Crippen molar-refractivity contribution in [3.8, 4) is 0 Å². The number of aromatic nitrogens is 2. The van der Waals surface area contributed by atoms with E-state index in [-0.39, 0.29) is 17.3 Å². The normalized spacial score (nSPS) is 17.0. The minimum absolute atomic E-state index is 0.0758. The summed E-state index contributed by atoms with van der Waals surface area (Å²) < 4.78 is 5.27. The number of hydrogen-bond donors (Lipinski definition) is 1. The third-order valence-electron chi connectivity index (χ3n) is 4.07. The number of ether oxygens (including phenoxy) is 1. The van der Waals surface area contributed by atoms with Gasteiger partial charge in [0.15, 0.2) is 0 Å². The SMILES string of the molecule is CCOC(=O)C1(CNc2ccnc(C(C)C)n2)CCCC1. The molecular formula is C16H25N3O2. The van der Waals surface area contributed by atoms with Crippen LogP contribution in [0.5, 0.6) is 0 Å². The largest absolute Gasteiger partial charge is 0.466 e. The Labute approximate surface area is 126 Å². The molecule has 1 fully saturated rings. The van der Waals surface area contributed by atoms with Crippen LogP contribution in [0.4, 0.5) is 5.82 Å². The Kier molecular flexibility index (Phi) is 5.15. The second-order valence-electron chi connectivity index (χ2n) is 6.02. The first-order chi connectivity index (χ1) is 10.1. The fourth-order valence-electron chi connectivity index (χ4n) is 2.80. The Balaban J connectivity index is 2.05. The molecule has 0 amide bonds. The van der Waals surface area contributed by atoms with E-state index in [0.29, 0.717) is 13.2 Å². The van der Waals surface area contributed by atoms with Crippen molar-refractivity contribution in [3.05, 3.63) is 18.1 Å². The van der Waals surface area contributed by atoms with Crippen LogP contribution in [0.1, 0.15) is 58.2 Å². The van der Waals surface area contributed by atoms with Gasteiger partial charge in [-0.15, -0.1) is 0 Å². The zero-order valence-corrected chi connectivity index (χ0v) is 13.2. The van der Waals surface area contributed by atoms with Crippen molar-refractivity contribution in [2.45, 2.75) is 52.4 Å². The van der Waals surface area contributed by atoms with Gasteiger partial charge in [0.05, 0.1) is 12.0 Å². The van der Waals surface area contributed by atoms with Crippen LogP contribution >= 0.6 is 0 Å². The average molecular weight is 291 g/mol. The van der Waals surface area contributed by atoms with Gasteiger partial charge in [0.25, 0.3) is 0 Å². The zero-order valence-electron chi connectivity index (χ0n) is 13.2. The first-order valence-electron chi connectivity index (χ1n) is 7.81. The van der Waals surface area contributed by atoms with E-state index in [9.17, 15) is 4.79 Å². The Bertz CT molecular complexity index is 482. The molecule has 1 N–H and O–H groups in total. The van der Waals surface area contributed by atoms with Crippen molar-refractivity contribution in [3.63, 3.8) is 0 Å². The first kappa shape index (κ1) is 15.7. The number of carbonyl (C=O) groups is 1. The molecule has 116 valence electrons. The predicted molar refractivity (Wildman–Crippen MR) is 82.1 cm³/mol. The standard InChI is InChI=1S/C16H25N3O2/c1-4-21-15(20)16(8-5-6-9-16)11-18-13-7-10-17-14(19-13)12(2)3/h7,10,12H,4-6,8-9,11H2,1-3H3,(H,17,18,19). The van der Waals surface area contributed by atoms with Gasteiger partial charge in [-0.05, 0) is 25.8 Å². The van der Waals surface area contributed by atoms with Crippen LogP contribution in [0.2, 0.25) is 0 Å². The van der Waals surface area contributed by atoms with E-state index >= 15 is 0 Å². The van der Waals surface area contributed by atoms with Gasteiger partial charge < -0.3 is 10.1 Å². The molecule has 2 rings (SSSR count). The first-order valence-corrected chi connectivity index (χ1v) is 7.81. The van der Waals surface area contributed by atoms with E-state index in [0.717, 1.165) is 37.3 Å². The van der Waals surface area contributed by atoms with Crippen molar-refractivity contribution in [2.24, 2.45) is 5.41 Å². The monoisotopic (exact) mass is 291 g/mol. The molecule has 0 bridgehead atoms. The Morgan fingerprint density at radius 3 is 2.76 bits per heavy atom. The van der Waals surface area contributed by atoms with Gasteiger partial charge in [-0.1, -0.05) is 26.7 Å². The van der Waals surface area contributed by atoms with Crippen LogP contribution in [-0.4, -0.2) is 29.1 Å². The molecular weight excluding hydrogens is 266 g/mol. The number of nitrogens with zero attached hydrogens (tertiary/aromatic N) is 2. The number of nitrogens with one attached hydrogen (secondary N) is 1. The van der Waals surface area contributed by atoms with Gasteiger partial charge in [-0.25, -0.2) is 9.97 Å². The van der Waals surface area contributed by atoms with Crippen molar-refractivity contribution in [1.82, 2.24) is 9.97 Å². The highest BCUT2D eigenvalue weighted by Gasteiger charge is 2.42. The lowest BCUT2D eigenvalue weighted by Crippen LogP contribution is -2.37. The van der Waals surface area contributed by atoms with Crippen LogP contribution in [0.15, 0.2) is 12.3 Å². The van der Waals surface area contributed by atoms with Crippen LogP contribution in [0, 0.1) is 5.41 Å². The van der Waals surface area contributed by atoms with Gasteiger partial charge in [-0.2, -0.15) is 0 Å². The van der Waals surface area contributed by atoms with Gasteiger partial charge in [0.1, 0.15) is 11.6 Å². The maximum Gasteiger partial charge on any atom is 0.313 e. The summed E-state index contributed by atoms with van der Waals surface area (Å²) >= 11 is 0. The van der Waals surface area contributed by atoms with Crippen LogP contribution in [0.25, 0.3) is 0 Å². The Morgan fingerprint density at radius 2 is 2.14 bits per heavy atom. The fourth-order valence-corrected chi connectivity index (χ4v) is 2.80. The number of carbonyl (C=O) groups excluding carboxylic acids is 1. The van der Waals surface area contributed by atoms with Gasteiger partial charge in [-0.3, -0.25) is 4.79 Å². The van der Waals surface area contributed by atoms with E-state index < -0.39 is 0 Å². The molecule has 1 saturated carbocycles. The summed E-state index contributed by atoms with van der Waals surface area (Å²) in [6.07, 6.45) is 5.71. The molecule has 0 spiro atoms. The molecule has 1 aromatic heterocycles. The second-order valence-corrected chi connectivity index (χ2v) is 6.02. The topological polar surface area (TPSA) is 64.1 Å². The molecule has 0 unspecified atom stereocenters. The minimum Gasteiger partial charge on any atom is -0.466 e. The van der Waals surface area contributed by atoms with Gasteiger partial charge >= 0.3 is 5.97 Å². The summed E-state index contributed by atoms with van der Waals surface area (Å²) in [5, 5.41) is 3.31. The van der Waals surface area contributed by atoms with E-state index in [1.54, 1.807) is 6.20 Å². The van der Waals surface area contributed by atoms with Crippen molar-refractivity contribution >= 4 is 11.8 Å². The summed E-state index contributed by atoms with van der Waals surface area (Å²) in [6.45, 7) is 7.01. The van der Waals surface area contributed by atoms with E-state index in [2.05, 4.69) is 29.1 Å². The summed E-state index contributed by atoms with van der Waals surface area (Å²) in [6, 6.07) is 1.85. The smallest absolute Gasteiger partial charge is 0.313 e. The molecule has 1 aromatic rings. The van der Waals surface area contributed by atoms with Crippen molar-refractivity contribution in [1.29, 1.82) is 0 Å². The van der Waals surface area contributed by atoms with E-state index in [1.807, 2.05) is 13.0 Å². The summed E-state index contributed by atoms with van der Waals surface area (Å²) in [4.78, 5) is 21.0. The highest BCUT2D eigenvalue weighted by molar-refractivity contribution is 5.78. The number of hydrogen-bond acceptors (Lipinski definition) is 5.